The third-order valence-electron chi connectivity index (χ3n) is 4.03. The van der Waals surface area contributed by atoms with Gasteiger partial charge >= 0.3 is 0 Å². The predicted molar refractivity (Wildman–Crippen MR) is 82.4 cm³/mol. The SMILES string of the molecule is CCNCCc1ccc(CN2CCC(C)(C)C2)cc1. The molecule has 106 valence electrons. The highest BCUT2D eigenvalue weighted by Gasteiger charge is 2.28. The summed E-state index contributed by atoms with van der Waals surface area (Å²) in [7, 11) is 0. The summed E-state index contributed by atoms with van der Waals surface area (Å²) < 4.78 is 0. The van der Waals surface area contributed by atoms with E-state index in [-0.39, 0.29) is 0 Å². The number of nitrogens with one attached hydrogen (secondary N) is 1. The van der Waals surface area contributed by atoms with E-state index in [2.05, 4.69) is 55.3 Å². The lowest BCUT2D eigenvalue weighted by molar-refractivity contribution is 0.284. The van der Waals surface area contributed by atoms with Crippen LogP contribution in [0.25, 0.3) is 0 Å². The van der Waals surface area contributed by atoms with Gasteiger partial charge in [0.15, 0.2) is 0 Å². The van der Waals surface area contributed by atoms with Gasteiger partial charge in [0.1, 0.15) is 0 Å². The Morgan fingerprint density at radius 3 is 2.42 bits per heavy atom. The first-order valence-corrected chi connectivity index (χ1v) is 7.60. The Labute approximate surface area is 118 Å². The minimum absolute atomic E-state index is 0.506. The lowest BCUT2D eigenvalue weighted by atomic mass is 9.93. The van der Waals surface area contributed by atoms with Crippen molar-refractivity contribution in [2.45, 2.75) is 40.2 Å². The van der Waals surface area contributed by atoms with Crippen LogP contribution in [-0.2, 0) is 13.0 Å². The van der Waals surface area contributed by atoms with Crippen LogP contribution in [0.2, 0.25) is 0 Å². The quantitative estimate of drug-likeness (QED) is 0.791. The molecule has 0 atom stereocenters. The van der Waals surface area contributed by atoms with Crippen molar-refractivity contribution in [1.82, 2.24) is 10.2 Å². The van der Waals surface area contributed by atoms with Crippen LogP contribution in [0.1, 0.15) is 38.3 Å². The summed E-state index contributed by atoms with van der Waals surface area (Å²) >= 11 is 0. The number of rotatable bonds is 6. The lowest BCUT2D eigenvalue weighted by Crippen LogP contribution is -2.22. The van der Waals surface area contributed by atoms with Crippen molar-refractivity contribution in [1.29, 1.82) is 0 Å². The Balaban J connectivity index is 1.82. The van der Waals surface area contributed by atoms with Crippen LogP contribution in [0.3, 0.4) is 0 Å². The molecule has 0 aliphatic carbocycles. The van der Waals surface area contributed by atoms with Crippen LogP contribution in [0.5, 0.6) is 0 Å². The van der Waals surface area contributed by atoms with E-state index in [0.29, 0.717) is 5.41 Å². The molecule has 1 saturated heterocycles. The largest absolute Gasteiger partial charge is 0.317 e. The topological polar surface area (TPSA) is 15.3 Å². The van der Waals surface area contributed by atoms with Gasteiger partial charge in [-0.2, -0.15) is 0 Å². The molecular formula is C17H28N2. The monoisotopic (exact) mass is 260 g/mol. The van der Waals surface area contributed by atoms with Crippen molar-refractivity contribution in [3.05, 3.63) is 35.4 Å². The first kappa shape index (κ1) is 14.5. The molecule has 2 rings (SSSR count). The van der Waals surface area contributed by atoms with E-state index in [4.69, 9.17) is 0 Å². The van der Waals surface area contributed by atoms with Gasteiger partial charge in [-0.3, -0.25) is 4.90 Å². The number of likely N-dealkylation sites (tertiary alicyclic amines) is 1. The zero-order valence-electron chi connectivity index (χ0n) is 12.7. The average molecular weight is 260 g/mol. The lowest BCUT2D eigenvalue weighted by Gasteiger charge is -2.19. The first-order chi connectivity index (χ1) is 9.09. The van der Waals surface area contributed by atoms with Crippen molar-refractivity contribution in [3.8, 4) is 0 Å². The van der Waals surface area contributed by atoms with Gasteiger partial charge in [0.25, 0.3) is 0 Å². The van der Waals surface area contributed by atoms with Gasteiger partial charge in [0.2, 0.25) is 0 Å². The van der Waals surface area contributed by atoms with Crippen molar-refractivity contribution < 1.29 is 0 Å². The molecule has 0 radical (unpaired) electrons. The third kappa shape index (κ3) is 4.63. The fourth-order valence-electron chi connectivity index (χ4n) is 2.84. The highest BCUT2D eigenvalue weighted by molar-refractivity contribution is 5.23. The van der Waals surface area contributed by atoms with Crippen molar-refractivity contribution in [2.24, 2.45) is 5.41 Å². The Hall–Kier alpha value is -0.860. The summed E-state index contributed by atoms with van der Waals surface area (Å²) in [5, 5.41) is 3.37. The second-order valence-corrected chi connectivity index (χ2v) is 6.54. The minimum Gasteiger partial charge on any atom is -0.317 e. The molecule has 1 aliphatic heterocycles. The maximum absolute atomic E-state index is 3.37. The fraction of sp³-hybridized carbons (Fsp3) is 0.647. The zero-order valence-corrected chi connectivity index (χ0v) is 12.7. The zero-order chi connectivity index (χ0) is 13.7. The Bertz CT molecular complexity index is 381. The van der Waals surface area contributed by atoms with E-state index in [1.807, 2.05) is 0 Å². The molecule has 0 saturated carbocycles. The Morgan fingerprint density at radius 1 is 1.16 bits per heavy atom. The second-order valence-electron chi connectivity index (χ2n) is 6.54. The van der Waals surface area contributed by atoms with Gasteiger partial charge in [-0.15, -0.1) is 0 Å². The summed E-state index contributed by atoms with van der Waals surface area (Å²) in [4.78, 5) is 2.58. The van der Waals surface area contributed by atoms with Gasteiger partial charge in [0, 0.05) is 13.1 Å². The summed E-state index contributed by atoms with van der Waals surface area (Å²) in [5.41, 5.74) is 3.39. The molecule has 0 bridgehead atoms. The van der Waals surface area contributed by atoms with Gasteiger partial charge in [-0.05, 0) is 49.0 Å². The highest BCUT2D eigenvalue weighted by Crippen LogP contribution is 2.29. The summed E-state index contributed by atoms with van der Waals surface area (Å²) in [5.74, 6) is 0. The van der Waals surface area contributed by atoms with Gasteiger partial charge < -0.3 is 5.32 Å². The molecule has 1 heterocycles. The number of hydrogen-bond acceptors (Lipinski definition) is 2. The molecule has 1 aromatic rings. The molecule has 0 unspecified atom stereocenters. The molecule has 0 spiro atoms. The second kappa shape index (κ2) is 6.53. The van der Waals surface area contributed by atoms with Gasteiger partial charge in [-0.1, -0.05) is 45.0 Å². The molecular weight excluding hydrogens is 232 g/mol. The smallest absolute Gasteiger partial charge is 0.0233 e. The van der Waals surface area contributed by atoms with Gasteiger partial charge in [0.05, 0.1) is 0 Å². The number of nitrogens with zero attached hydrogens (tertiary/aromatic N) is 1. The minimum atomic E-state index is 0.506. The van der Waals surface area contributed by atoms with Crippen LogP contribution in [0.15, 0.2) is 24.3 Å². The standard InChI is InChI=1S/C17H28N2/c1-4-18-11-9-15-5-7-16(8-6-15)13-19-12-10-17(2,3)14-19/h5-8,18H,4,9-14H2,1-3H3. The number of hydrogen-bond donors (Lipinski definition) is 1. The molecule has 0 aromatic heterocycles. The normalized spacial score (nSPS) is 18.9. The number of benzene rings is 1. The molecule has 1 aromatic carbocycles. The predicted octanol–water partition coefficient (Wildman–Crippen LogP) is 3.07. The van der Waals surface area contributed by atoms with E-state index < -0.39 is 0 Å². The van der Waals surface area contributed by atoms with Crippen LogP contribution in [-0.4, -0.2) is 31.1 Å². The van der Waals surface area contributed by atoms with Crippen LogP contribution in [0, 0.1) is 5.41 Å². The van der Waals surface area contributed by atoms with E-state index in [1.54, 1.807) is 0 Å². The average Bonchev–Trinajstić information content (AvgIpc) is 2.71. The highest BCUT2D eigenvalue weighted by atomic mass is 15.1. The van der Waals surface area contributed by atoms with E-state index in [1.165, 1.54) is 30.6 Å². The molecule has 1 aliphatic rings. The molecule has 1 N–H and O–H groups in total. The first-order valence-electron chi connectivity index (χ1n) is 7.60. The Morgan fingerprint density at radius 2 is 1.84 bits per heavy atom. The molecule has 1 fully saturated rings. The summed E-state index contributed by atoms with van der Waals surface area (Å²) in [6, 6.07) is 9.17. The van der Waals surface area contributed by atoms with Crippen molar-refractivity contribution in [2.75, 3.05) is 26.2 Å². The maximum Gasteiger partial charge on any atom is 0.0233 e. The molecule has 19 heavy (non-hydrogen) atoms. The summed E-state index contributed by atoms with van der Waals surface area (Å²) in [6.45, 7) is 12.6. The molecule has 2 heteroatoms. The van der Waals surface area contributed by atoms with E-state index >= 15 is 0 Å². The van der Waals surface area contributed by atoms with E-state index in [9.17, 15) is 0 Å². The Kier molecular flexibility index (Phi) is 5.00. The maximum atomic E-state index is 3.37. The third-order valence-corrected chi connectivity index (χ3v) is 4.03. The fourth-order valence-corrected chi connectivity index (χ4v) is 2.84. The number of likely N-dealkylation sites (N-methyl/N-ethyl adjacent to an activating group) is 1. The van der Waals surface area contributed by atoms with E-state index in [0.717, 1.165) is 26.1 Å². The van der Waals surface area contributed by atoms with Crippen LogP contribution >= 0.6 is 0 Å². The molecule has 0 amide bonds. The van der Waals surface area contributed by atoms with Crippen LogP contribution < -0.4 is 5.32 Å². The summed E-state index contributed by atoms with van der Waals surface area (Å²) in [6.07, 6.45) is 2.46. The van der Waals surface area contributed by atoms with Crippen LogP contribution in [0.4, 0.5) is 0 Å². The van der Waals surface area contributed by atoms with Gasteiger partial charge in [-0.25, -0.2) is 0 Å². The molecule has 2 nitrogen and oxygen atoms in total. The van der Waals surface area contributed by atoms with Crippen molar-refractivity contribution >= 4 is 0 Å². The van der Waals surface area contributed by atoms with Crippen molar-refractivity contribution in [3.63, 3.8) is 0 Å².